The summed E-state index contributed by atoms with van der Waals surface area (Å²) in [4.78, 5) is 157. The van der Waals surface area contributed by atoms with Crippen LogP contribution >= 0.6 is 60.8 Å². The molecule has 30 nitrogen and oxygen atoms in total. The Morgan fingerprint density at radius 2 is 0.298 bits per heavy atom. The minimum absolute atomic E-state index is 0. The molecule has 0 rings (SSSR count). The van der Waals surface area contributed by atoms with Gasteiger partial charge in [0.15, 0.2) is 0 Å². The maximum atomic E-state index is 12.0. The third-order valence-corrected chi connectivity index (χ3v) is 12.9. The van der Waals surface area contributed by atoms with Crippen molar-refractivity contribution in [2.75, 3.05) is 116 Å². The van der Waals surface area contributed by atoms with Crippen molar-refractivity contribution in [2.45, 2.75) is 0 Å². The Hall–Kier alpha value is 1.96. The minimum Gasteiger partial charge on any atom is -0.324 e. The summed E-state index contributed by atoms with van der Waals surface area (Å²) in [5, 5.41) is 0. The van der Waals surface area contributed by atoms with Crippen LogP contribution in [0.2, 0.25) is 0 Å². The van der Waals surface area contributed by atoms with Crippen LogP contribution in [0.4, 0.5) is 0 Å². The number of hydrogen-bond acceptors (Lipinski definition) is 14. The van der Waals surface area contributed by atoms with Crippen molar-refractivity contribution in [3.8, 4) is 0 Å². The van der Waals surface area contributed by atoms with E-state index in [2.05, 4.69) is 0 Å². The smallest absolute Gasteiger partial charge is 0.324 e. The van der Waals surface area contributed by atoms with E-state index in [0.29, 0.717) is 9.80 Å². The third kappa shape index (κ3) is 40.5. The fourth-order valence-electron chi connectivity index (χ4n) is 4.88. The topological polar surface area (TPSA) is 480 Å². The van der Waals surface area contributed by atoms with E-state index in [1.807, 2.05) is 0 Å². The molecule has 0 aliphatic heterocycles. The van der Waals surface area contributed by atoms with Crippen LogP contribution in [-0.2, 0) is 36.5 Å². The molecule has 0 aromatic carbocycles. The van der Waals surface area contributed by atoms with Crippen molar-refractivity contribution in [2.24, 2.45) is 0 Å². The normalized spacial score (nSPS) is 14.5. The van der Waals surface area contributed by atoms with Crippen LogP contribution in [0.1, 0.15) is 0 Å². The molecule has 0 saturated carbocycles. The summed E-state index contributed by atoms with van der Waals surface area (Å²) in [6, 6.07) is 0. The van der Waals surface area contributed by atoms with Crippen LogP contribution in [0.25, 0.3) is 0 Å². The van der Waals surface area contributed by atoms with Gasteiger partial charge < -0.3 is 78.3 Å². The summed E-state index contributed by atoms with van der Waals surface area (Å²) in [5.41, 5.74) is 0. The molecule has 16 N–H and O–H groups in total. The van der Waals surface area contributed by atoms with Crippen molar-refractivity contribution in [1.82, 2.24) is 29.4 Å². The molecule has 0 aliphatic carbocycles. The Morgan fingerprint density at radius 3 is 0.404 bits per heavy atom. The fraction of sp³-hybridized carbons (Fsp3) is 1.00. The number of rotatable bonds is 31. The van der Waals surface area contributed by atoms with Gasteiger partial charge in [0.1, 0.15) is 50.3 Å². The van der Waals surface area contributed by atoms with Gasteiger partial charge >= 0.3 is 90.3 Å². The van der Waals surface area contributed by atoms with E-state index in [4.69, 9.17) is 0 Å². The molecule has 338 valence electrons. The van der Waals surface area contributed by atoms with Crippen molar-refractivity contribution in [1.29, 1.82) is 0 Å². The van der Waals surface area contributed by atoms with E-state index in [1.165, 1.54) is 0 Å². The van der Waals surface area contributed by atoms with Crippen LogP contribution in [-0.4, -0.2) is 223 Å². The fourth-order valence-corrected chi connectivity index (χ4v) is 11.5. The second kappa shape index (κ2) is 25.4. The maximum Gasteiger partial charge on any atom is 1.00 e. The molecule has 57 heavy (non-hydrogen) atoms. The molecular formula is C18H52N6NaO24P8+. The second-order valence-electron chi connectivity index (χ2n) is 12.7. The average molecular weight is 1010 g/mol. The monoisotopic (exact) mass is 1010 g/mol. The van der Waals surface area contributed by atoms with Crippen molar-refractivity contribution >= 4 is 60.8 Å². The Kier molecular flexibility index (Phi) is 27.3. The molecule has 0 atom stereocenters. The van der Waals surface area contributed by atoms with Gasteiger partial charge in [-0.3, -0.25) is 65.9 Å². The Bertz CT molecular complexity index is 1440. The van der Waals surface area contributed by atoms with Gasteiger partial charge in [0.2, 0.25) is 0 Å². The number of hydrogen-bond donors (Lipinski definition) is 16. The van der Waals surface area contributed by atoms with E-state index in [0.717, 1.165) is 19.6 Å². The molecule has 0 radical (unpaired) electrons. The molecule has 0 amide bonds. The molecule has 0 heterocycles. The van der Waals surface area contributed by atoms with Gasteiger partial charge in [0.05, 0.1) is 0 Å². The van der Waals surface area contributed by atoms with Gasteiger partial charge in [-0.25, -0.2) is 0 Å². The first kappa shape index (κ1) is 61.0. The summed E-state index contributed by atoms with van der Waals surface area (Å²) in [7, 11) is -39.2. The molecule has 0 aromatic heterocycles. The van der Waals surface area contributed by atoms with Crippen LogP contribution in [0, 0.1) is 0 Å². The molecule has 0 bridgehead atoms. The summed E-state index contributed by atoms with van der Waals surface area (Å²) in [6.07, 6.45) is -8.70. The third-order valence-electron chi connectivity index (χ3n) is 6.74. The Morgan fingerprint density at radius 1 is 0.211 bits per heavy atom. The standard InChI is InChI=1S/C18H52N6O24P8.Na/c25-49(26,27)11-19(3-5-21(13-51(31,32)33)7-9-23(15-53(37,38)39)16-54(40,41)42)1-2-20(12-50(28,29)30)4-6-22(14-52(34,35)36)8-10-24(17-55(43,44)45)18-56(46,47)48;/h1-18H2,(H2,25,26,27)(H2,28,29,30)(H2,31,32,33)(H2,34,35,36)(H2,37,38,39)(H2,40,41,42)(H2,43,44,45)(H2,46,47,48);/q;+1. The quantitative estimate of drug-likeness (QED) is 0.0227. The number of nitrogens with zero attached hydrogens (tertiary/aromatic N) is 6. The molecule has 39 heteroatoms. The molecule has 0 spiro atoms. The van der Waals surface area contributed by atoms with Gasteiger partial charge in [-0.05, 0) is 0 Å². The minimum atomic E-state index is -4.92. The predicted molar refractivity (Wildman–Crippen MR) is 195 cm³/mol. The van der Waals surface area contributed by atoms with Gasteiger partial charge in [0, 0.05) is 65.4 Å². The first-order chi connectivity index (χ1) is 24.7. The van der Waals surface area contributed by atoms with Gasteiger partial charge in [0.25, 0.3) is 0 Å². The van der Waals surface area contributed by atoms with Crippen LogP contribution in [0.15, 0.2) is 0 Å². The van der Waals surface area contributed by atoms with E-state index < -0.39 is 177 Å². The zero-order valence-corrected chi connectivity index (χ0v) is 39.6. The molecule has 0 aromatic rings. The van der Waals surface area contributed by atoms with Gasteiger partial charge in [-0.2, -0.15) is 0 Å². The van der Waals surface area contributed by atoms with Crippen molar-refractivity contribution < 1.29 is 144 Å². The van der Waals surface area contributed by atoms with E-state index in [1.54, 1.807) is 0 Å². The summed E-state index contributed by atoms with van der Waals surface area (Å²) in [5.74, 6) is 0. The first-order valence-corrected chi connectivity index (χ1v) is 29.8. The molecular weight excluding hydrogens is 955 g/mol. The van der Waals surface area contributed by atoms with Crippen LogP contribution in [0.5, 0.6) is 0 Å². The molecule has 0 saturated heterocycles. The van der Waals surface area contributed by atoms with E-state index in [-0.39, 0.29) is 29.6 Å². The summed E-state index contributed by atoms with van der Waals surface area (Å²) >= 11 is 0. The first-order valence-electron chi connectivity index (χ1n) is 15.4. The maximum absolute atomic E-state index is 12.0. The van der Waals surface area contributed by atoms with Crippen molar-refractivity contribution in [3.63, 3.8) is 0 Å². The molecule has 0 aliphatic rings. The summed E-state index contributed by atoms with van der Waals surface area (Å²) in [6.45, 7) is -4.75. The molecule has 0 unspecified atom stereocenters. The second-order valence-corrected chi connectivity index (χ2v) is 25.6. The van der Waals surface area contributed by atoms with Crippen LogP contribution in [0.3, 0.4) is 0 Å². The summed E-state index contributed by atoms with van der Waals surface area (Å²) < 4.78 is 93.6. The van der Waals surface area contributed by atoms with E-state index in [9.17, 15) is 115 Å². The SMILES string of the molecule is O=P(O)(O)CN(CCN(CCN(CCN(CP(=O)(O)O)CP(=O)(O)O)CP(=O)(O)O)CP(=O)(O)O)CCN(CCN(CP(=O)(O)O)CP(=O)(O)O)CP(=O)(O)O.[Na+]. The largest absolute Gasteiger partial charge is 1.00 e. The molecule has 0 fully saturated rings. The predicted octanol–water partition coefficient (Wildman–Crippen LogP) is -7.12. The van der Waals surface area contributed by atoms with Crippen LogP contribution < -0.4 is 29.6 Å². The van der Waals surface area contributed by atoms with Gasteiger partial charge in [-0.1, -0.05) is 0 Å². The zero-order chi connectivity index (χ0) is 44.2. The zero-order valence-electron chi connectivity index (χ0n) is 30.4. The average Bonchev–Trinajstić information content (AvgIpc) is 2.87. The Labute approximate surface area is 348 Å². The van der Waals surface area contributed by atoms with Gasteiger partial charge in [-0.15, -0.1) is 0 Å². The van der Waals surface area contributed by atoms with E-state index >= 15 is 0 Å². The van der Waals surface area contributed by atoms with Crippen molar-refractivity contribution in [3.05, 3.63) is 0 Å². The Balaban J connectivity index is 0.